The number of halogens is 5. The highest BCUT2D eigenvalue weighted by atomic mass is 35.5. The quantitative estimate of drug-likeness (QED) is 0.339. The minimum atomic E-state index is -4.75. The number of methoxy groups -OCH3 is 2. The number of nitrogens with zero attached hydrogens (tertiary/aromatic N) is 1. The van der Waals surface area contributed by atoms with Crippen LogP contribution >= 0.6 is 23.2 Å². The van der Waals surface area contributed by atoms with E-state index in [0.717, 1.165) is 22.6 Å². The van der Waals surface area contributed by atoms with Gasteiger partial charge in [0, 0.05) is 0 Å². The first-order chi connectivity index (χ1) is 16.0. The fourth-order valence-electron chi connectivity index (χ4n) is 3.45. The van der Waals surface area contributed by atoms with E-state index in [1.165, 1.54) is 14.2 Å². The number of carbonyl (C=O) groups is 1. The average Bonchev–Trinajstić information content (AvgIpc) is 2.80. The van der Waals surface area contributed by atoms with E-state index in [1.54, 1.807) is 42.5 Å². The van der Waals surface area contributed by atoms with Crippen LogP contribution in [0.25, 0.3) is 0 Å². The van der Waals surface area contributed by atoms with Crippen LogP contribution in [0.5, 0.6) is 11.5 Å². The highest BCUT2D eigenvalue weighted by Gasteiger charge is 2.37. The van der Waals surface area contributed by atoms with Gasteiger partial charge in [0.15, 0.2) is 0 Å². The zero-order valence-corrected chi connectivity index (χ0v) is 20.2. The van der Waals surface area contributed by atoms with E-state index in [2.05, 4.69) is 0 Å². The van der Waals surface area contributed by atoms with Crippen LogP contribution in [0.15, 0.2) is 54.6 Å². The molecule has 3 aromatic carbocycles. The molecule has 0 aliphatic carbocycles. The summed E-state index contributed by atoms with van der Waals surface area (Å²) in [5.74, 6) is 0.613. The molecule has 1 amide bonds. The summed E-state index contributed by atoms with van der Waals surface area (Å²) in [4.78, 5) is 14.5. The van der Waals surface area contributed by atoms with Crippen molar-refractivity contribution in [3.05, 3.63) is 86.9 Å². The van der Waals surface area contributed by atoms with Crippen LogP contribution < -0.4 is 14.4 Å². The number of aryl methyl sites for hydroxylation is 1. The molecule has 34 heavy (non-hydrogen) atoms. The number of ether oxygens (including phenoxy) is 2. The minimum Gasteiger partial charge on any atom is -0.497 e. The Balaban J connectivity index is 2.07. The van der Waals surface area contributed by atoms with Gasteiger partial charge in [0.05, 0.1) is 48.5 Å². The van der Waals surface area contributed by atoms with Gasteiger partial charge in [-0.3, -0.25) is 4.79 Å². The molecule has 180 valence electrons. The minimum absolute atomic E-state index is 0.0887. The summed E-state index contributed by atoms with van der Waals surface area (Å²) < 4.78 is 52.2. The van der Waals surface area contributed by atoms with Gasteiger partial charge >= 0.3 is 6.18 Å². The lowest BCUT2D eigenvalue weighted by atomic mass is 10.1. The number of amides is 1. The molecule has 0 spiro atoms. The second kappa shape index (κ2) is 10.6. The van der Waals surface area contributed by atoms with Crippen molar-refractivity contribution in [3.8, 4) is 11.5 Å². The summed E-state index contributed by atoms with van der Waals surface area (Å²) in [6.45, 7) is 1.73. The fraction of sp³-hybridized carbons (Fsp3) is 0.240. The zero-order chi connectivity index (χ0) is 25.0. The first-order valence-corrected chi connectivity index (χ1v) is 10.9. The Labute approximate surface area is 205 Å². The molecule has 0 fully saturated rings. The lowest BCUT2D eigenvalue weighted by Gasteiger charge is -2.27. The van der Waals surface area contributed by atoms with E-state index in [1.807, 2.05) is 6.92 Å². The van der Waals surface area contributed by atoms with Crippen molar-refractivity contribution in [3.63, 3.8) is 0 Å². The topological polar surface area (TPSA) is 38.8 Å². The summed E-state index contributed by atoms with van der Waals surface area (Å²) in [5.41, 5.74) is 0.653. The van der Waals surface area contributed by atoms with E-state index < -0.39 is 17.6 Å². The molecule has 0 heterocycles. The van der Waals surface area contributed by atoms with Crippen molar-refractivity contribution >= 4 is 34.8 Å². The fourth-order valence-corrected chi connectivity index (χ4v) is 3.77. The Morgan fingerprint density at radius 2 is 1.53 bits per heavy atom. The monoisotopic (exact) mass is 511 g/mol. The van der Waals surface area contributed by atoms with Crippen molar-refractivity contribution in [2.75, 3.05) is 19.1 Å². The van der Waals surface area contributed by atoms with Gasteiger partial charge < -0.3 is 14.4 Å². The summed E-state index contributed by atoms with van der Waals surface area (Å²) in [6, 6.07) is 13.7. The molecule has 0 aliphatic rings. The number of hydrogen-bond donors (Lipinski definition) is 0. The van der Waals surface area contributed by atoms with E-state index in [-0.39, 0.29) is 28.7 Å². The highest BCUT2D eigenvalue weighted by Crippen LogP contribution is 2.41. The second-order valence-corrected chi connectivity index (χ2v) is 8.40. The third-order valence-corrected chi connectivity index (χ3v) is 5.99. The molecule has 0 saturated heterocycles. The van der Waals surface area contributed by atoms with Gasteiger partial charge in [0.2, 0.25) is 5.91 Å². The van der Waals surface area contributed by atoms with Crippen LogP contribution in [0.1, 0.15) is 22.3 Å². The van der Waals surface area contributed by atoms with Crippen LogP contribution in [-0.4, -0.2) is 20.1 Å². The summed E-state index contributed by atoms with van der Waals surface area (Å²) in [6.07, 6.45) is -4.90. The van der Waals surface area contributed by atoms with Crippen molar-refractivity contribution in [1.82, 2.24) is 0 Å². The molecule has 0 aromatic heterocycles. The Hall–Kier alpha value is -2.90. The highest BCUT2D eigenvalue weighted by molar-refractivity contribution is 6.42. The molecular formula is C25H22Cl2F3NO3. The van der Waals surface area contributed by atoms with Gasteiger partial charge in [0.25, 0.3) is 0 Å². The van der Waals surface area contributed by atoms with Crippen LogP contribution in [-0.2, 0) is 23.9 Å². The van der Waals surface area contributed by atoms with Gasteiger partial charge in [-0.25, -0.2) is 0 Å². The van der Waals surface area contributed by atoms with Crippen molar-refractivity contribution in [2.24, 2.45) is 0 Å². The lowest BCUT2D eigenvalue weighted by Crippen LogP contribution is -2.33. The van der Waals surface area contributed by atoms with Gasteiger partial charge in [-0.2, -0.15) is 13.2 Å². The maximum atomic E-state index is 13.9. The number of alkyl halides is 3. The van der Waals surface area contributed by atoms with Gasteiger partial charge in [-0.1, -0.05) is 47.5 Å². The molecule has 0 radical (unpaired) electrons. The molecule has 0 saturated carbocycles. The number of benzene rings is 3. The first-order valence-electron chi connectivity index (χ1n) is 10.2. The average molecular weight is 512 g/mol. The predicted octanol–water partition coefficient (Wildman–Crippen LogP) is 7.11. The Kier molecular flexibility index (Phi) is 8.00. The molecule has 0 unspecified atom stereocenters. The summed E-state index contributed by atoms with van der Waals surface area (Å²) in [5, 5.41) is -0.341. The molecule has 3 rings (SSSR count). The van der Waals surface area contributed by atoms with Crippen molar-refractivity contribution in [2.45, 2.75) is 26.1 Å². The third-order valence-electron chi connectivity index (χ3n) is 5.26. The molecule has 0 bridgehead atoms. The Bertz CT molecular complexity index is 1180. The Morgan fingerprint density at radius 1 is 0.912 bits per heavy atom. The molecular weight excluding hydrogens is 490 g/mol. The van der Waals surface area contributed by atoms with Gasteiger partial charge in [-0.15, -0.1) is 0 Å². The molecule has 0 N–H and O–H groups in total. The molecule has 0 aliphatic heterocycles. The number of rotatable bonds is 7. The van der Waals surface area contributed by atoms with E-state index in [9.17, 15) is 18.0 Å². The maximum absolute atomic E-state index is 13.9. The first kappa shape index (κ1) is 25.7. The number of carbonyl (C=O) groups excluding carboxylic acids is 1. The normalized spacial score (nSPS) is 11.3. The SMILES string of the molecule is COc1ccc(CN(C(=O)Cc2ccc(C)c(OC)c2)c2cc(Cl)c(Cl)cc2C(F)(F)F)cc1. The van der Waals surface area contributed by atoms with Crippen molar-refractivity contribution < 1.29 is 27.4 Å². The lowest BCUT2D eigenvalue weighted by molar-refractivity contribution is -0.137. The van der Waals surface area contributed by atoms with Crippen molar-refractivity contribution in [1.29, 1.82) is 0 Å². The van der Waals surface area contributed by atoms with Gasteiger partial charge in [-0.05, 0) is 53.9 Å². The molecule has 3 aromatic rings. The standard InChI is InChI=1S/C25H22Cl2F3NO3/c1-15-4-5-17(10-23(15)34-3)11-24(32)31(14-16-6-8-18(33-2)9-7-16)22-13-21(27)20(26)12-19(22)25(28,29)30/h4-10,12-13H,11,14H2,1-3H3. The van der Waals surface area contributed by atoms with Crippen LogP contribution in [0.2, 0.25) is 10.0 Å². The maximum Gasteiger partial charge on any atom is 0.418 e. The van der Waals surface area contributed by atoms with Crippen LogP contribution in [0, 0.1) is 6.92 Å². The van der Waals surface area contributed by atoms with Gasteiger partial charge in [0.1, 0.15) is 11.5 Å². The third kappa shape index (κ3) is 5.96. The zero-order valence-electron chi connectivity index (χ0n) is 18.7. The summed E-state index contributed by atoms with van der Waals surface area (Å²) >= 11 is 12.0. The summed E-state index contributed by atoms with van der Waals surface area (Å²) in [7, 11) is 3.02. The largest absolute Gasteiger partial charge is 0.497 e. The van der Waals surface area contributed by atoms with E-state index >= 15 is 0 Å². The Morgan fingerprint density at radius 3 is 2.12 bits per heavy atom. The van der Waals surface area contributed by atoms with Crippen LogP contribution in [0.3, 0.4) is 0 Å². The van der Waals surface area contributed by atoms with E-state index in [4.69, 9.17) is 32.7 Å². The molecule has 9 heteroatoms. The smallest absolute Gasteiger partial charge is 0.418 e. The van der Waals surface area contributed by atoms with Crippen LogP contribution in [0.4, 0.5) is 18.9 Å². The second-order valence-electron chi connectivity index (χ2n) is 7.59. The molecule has 4 nitrogen and oxygen atoms in total. The number of hydrogen-bond acceptors (Lipinski definition) is 3. The predicted molar refractivity (Wildman–Crippen MR) is 127 cm³/mol. The number of anilines is 1. The molecule has 0 atom stereocenters. The van der Waals surface area contributed by atoms with E-state index in [0.29, 0.717) is 22.6 Å².